The zero-order chi connectivity index (χ0) is 25.2. The van der Waals surface area contributed by atoms with Crippen LogP contribution in [-0.2, 0) is 19.6 Å². The van der Waals surface area contributed by atoms with E-state index >= 15 is 0 Å². The van der Waals surface area contributed by atoms with Crippen molar-refractivity contribution in [1.82, 2.24) is 15.1 Å². The summed E-state index contributed by atoms with van der Waals surface area (Å²) in [6, 6.07) is 14.9. The number of nitrogens with zero attached hydrogens (tertiary/aromatic N) is 2. The van der Waals surface area contributed by atoms with Gasteiger partial charge in [-0.25, -0.2) is 0 Å². The molecule has 5 nitrogen and oxygen atoms in total. The number of fused-ring (bicyclic) bond motifs is 1. The third-order valence-corrected chi connectivity index (χ3v) is 7.69. The average molecular weight is 464 g/mol. The van der Waals surface area contributed by atoms with Gasteiger partial charge in [-0.15, -0.1) is 0 Å². The van der Waals surface area contributed by atoms with Crippen LogP contribution in [-0.4, -0.2) is 53.9 Å². The molecule has 0 spiro atoms. The molecule has 0 bridgehead atoms. The standard InChI is InChI=1S/C29H39N3O2/c1-21(2)31-15-12-23(13-16-31)17-22-8-10-24(11-9-22)20-34-28-7-3-6-26-27(28)19-32(29(26)33)25-5-4-14-30-18-25/h3,6-11,21,23,25,30H,4-5,12-20H2,1-2H3/i14D,18D. The number of piperidine rings is 2. The zero-order valence-corrected chi connectivity index (χ0v) is 20.5. The molecule has 2 saturated heterocycles. The Bertz CT molecular complexity index is 1050. The number of hydrogen-bond acceptors (Lipinski definition) is 4. The molecule has 2 aromatic rings. The van der Waals surface area contributed by atoms with Crippen LogP contribution in [0.2, 0.25) is 0 Å². The number of amides is 1. The number of benzene rings is 2. The lowest BCUT2D eigenvalue weighted by atomic mass is 9.89. The molecule has 1 amide bonds. The molecule has 3 unspecified atom stereocenters. The highest BCUT2D eigenvalue weighted by Gasteiger charge is 2.35. The van der Waals surface area contributed by atoms with E-state index in [1.54, 1.807) is 4.90 Å². The molecule has 2 aromatic carbocycles. The Morgan fingerprint density at radius 1 is 1.09 bits per heavy atom. The number of nitrogens with one attached hydrogen (secondary N) is 1. The number of hydrogen-bond donors (Lipinski definition) is 1. The molecule has 0 radical (unpaired) electrons. The maximum absolute atomic E-state index is 13.1. The number of rotatable bonds is 7. The van der Waals surface area contributed by atoms with Gasteiger partial charge in [-0.3, -0.25) is 4.79 Å². The summed E-state index contributed by atoms with van der Waals surface area (Å²) < 4.78 is 22.4. The third kappa shape index (κ3) is 5.16. The second kappa shape index (κ2) is 10.5. The fraction of sp³-hybridized carbons (Fsp3) is 0.552. The summed E-state index contributed by atoms with van der Waals surface area (Å²) in [5.41, 5.74) is 4.10. The summed E-state index contributed by atoms with van der Waals surface area (Å²) in [6.45, 7) is 6.85. The monoisotopic (exact) mass is 463 g/mol. The molecule has 3 aliphatic rings. The van der Waals surface area contributed by atoms with E-state index in [1.165, 1.54) is 31.5 Å². The predicted molar refractivity (Wildman–Crippen MR) is 136 cm³/mol. The molecule has 182 valence electrons. The number of likely N-dealkylation sites (tertiary alicyclic amines) is 1. The molecular formula is C29H39N3O2. The minimum atomic E-state index is -0.634. The van der Waals surface area contributed by atoms with Gasteiger partial charge in [0.15, 0.2) is 0 Å². The molecule has 3 heterocycles. The van der Waals surface area contributed by atoms with Crippen LogP contribution in [0.3, 0.4) is 0 Å². The highest BCUT2D eigenvalue weighted by Crippen LogP contribution is 2.33. The first-order chi connectivity index (χ1) is 17.4. The summed E-state index contributed by atoms with van der Waals surface area (Å²) in [7, 11) is 0. The summed E-state index contributed by atoms with van der Waals surface area (Å²) in [5, 5.41) is 2.96. The fourth-order valence-electron chi connectivity index (χ4n) is 5.51. The van der Waals surface area contributed by atoms with Crippen LogP contribution >= 0.6 is 0 Å². The second-order valence-corrected chi connectivity index (χ2v) is 10.3. The second-order valence-electron chi connectivity index (χ2n) is 10.3. The van der Waals surface area contributed by atoms with Crippen molar-refractivity contribution in [2.75, 3.05) is 26.1 Å². The highest BCUT2D eigenvalue weighted by atomic mass is 16.5. The third-order valence-electron chi connectivity index (χ3n) is 7.69. The zero-order valence-electron chi connectivity index (χ0n) is 22.5. The van der Waals surface area contributed by atoms with Gasteiger partial charge in [0, 0.05) is 32.5 Å². The lowest BCUT2D eigenvalue weighted by Crippen LogP contribution is -2.46. The van der Waals surface area contributed by atoms with E-state index in [2.05, 4.69) is 48.3 Å². The van der Waals surface area contributed by atoms with Crippen LogP contribution < -0.4 is 10.1 Å². The maximum Gasteiger partial charge on any atom is 0.254 e. The van der Waals surface area contributed by atoms with Crippen molar-refractivity contribution in [3.05, 3.63) is 64.7 Å². The number of carbonyl (C=O) groups excluding carboxylic acids is 1. The largest absolute Gasteiger partial charge is 0.489 e. The van der Waals surface area contributed by atoms with Gasteiger partial charge >= 0.3 is 0 Å². The molecule has 0 saturated carbocycles. The molecule has 5 rings (SSSR count). The van der Waals surface area contributed by atoms with E-state index in [1.807, 2.05) is 18.2 Å². The van der Waals surface area contributed by atoms with E-state index < -0.39 is 13.0 Å². The molecular weight excluding hydrogens is 422 g/mol. The first-order valence-corrected chi connectivity index (χ1v) is 12.9. The van der Waals surface area contributed by atoms with Crippen molar-refractivity contribution in [2.45, 2.75) is 71.2 Å². The van der Waals surface area contributed by atoms with E-state index in [9.17, 15) is 4.79 Å². The summed E-state index contributed by atoms with van der Waals surface area (Å²) in [5.74, 6) is 1.48. The van der Waals surface area contributed by atoms with E-state index in [-0.39, 0.29) is 11.9 Å². The first kappa shape index (κ1) is 21.0. The summed E-state index contributed by atoms with van der Waals surface area (Å²) in [6.07, 6.45) is 5.02. The van der Waals surface area contributed by atoms with E-state index in [0.717, 1.165) is 29.2 Å². The minimum Gasteiger partial charge on any atom is -0.489 e. The van der Waals surface area contributed by atoms with Crippen LogP contribution in [0.25, 0.3) is 0 Å². The van der Waals surface area contributed by atoms with Gasteiger partial charge in [0.25, 0.3) is 5.91 Å². The van der Waals surface area contributed by atoms with Crippen LogP contribution in [0.5, 0.6) is 5.75 Å². The van der Waals surface area contributed by atoms with Gasteiger partial charge in [0.05, 0.1) is 6.54 Å². The average Bonchev–Trinajstić information content (AvgIpc) is 3.21. The Morgan fingerprint density at radius 2 is 1.85 bits per heavy atom. The molecule has 34 heavy (non-hydrogen) atoms. The van der Waals surface area contributed by atoms with Gasteiger partial charge in [-0.05, 0) is 94.7 Å². The van der Waals surface area contributed by atoms with Crippen LogP contribution in [0.15, 0.2) is 42.5 Å². The Labute approximate surface area is 207 Å². The van der Waals surface area contributed by atoms with Crippen molar-refractivity contribution < 1.29 is 12.3 Å². The van der Waals surface area contributed by atoms with Crippen molar-refractivity contribution >= 4 is 5.91 Å². The van der Waals surface area contributed by atoms with Crippen LogP contribution in [0.4, 0.5) is 0 Å². The molecule has 3 aliphatic heterocycles. The molecule has 0 aromatic heterocycles. The summed E-state index contributed by atoms with van der Waals surface area (Å²) >= 11 is 0. The van der Waals surface area contributed by atoms with Crippen molar-refractivity contribution in [1.29, 1.82) is 0 Å². The van der Waals surface area contributed by atoms with Gasteiger partial charge in [-0.2, -0.15) is 0 Å². The molecule has 0 aliphatic carbocycles. The first-order valence-electron chi connectivity index (χ1n) is 14.0. The van der Waals surface area contributed by atoms with Crippen molar-refractivity contribution in [2.24, 2.45) is 5.92 Å². The van der Waals surface area contributed by atoms with Crippen LogP contribution in [0, 0.1) is 5.92 Å². The summed E-state index contributed by atoms with van der Waals surface area (Å²) in [4.78, 5) is 17.5. The predicted octanol–water partition coefficient (Wildman–Crippen LogP) is 4.64. The molecule has 3 atom stereocenters. The highest BCUT2D eigenvalue weighted by molar-refractivity contribution is 5.99. The Morgan fingerprint density at radius 3 is 2.59 bits per heavy atom. The van der Waals surface area contributed by atoms with Gasteiger partial charge in [-0.1, -0.05) is 30.3 Å². The van der Waals surface area contributed by atoms with Gasteiger partial charge in [0.1, 0.15) is 12.4 Å². The Balaban J connectivity index is 1.17. The molecule has 2 fully saturated rings. The normalized spacial score (nSPS) is 27.0. The SMILES string of the molecule is [2H]C1CCC(N2Cc3c(OCc4ccc(CC5CCN(C(C)C)CC5)cc4)cccc3C2=O)C([2H])N1. The number of ether oxygens (including phenoxy) is 1. The topological polar surface area (TPSA) is 44.8 Å². The van der Waals surface area contributed by atoms with Gasteiger partial charge in [0.2, 0.25) is 0 Å². The quantitative estimate of drug-likeness (QED) is 0.650. The smallest absolute Gasteiger partial charge is 0.254 e. The molecule has 1 N–H and O–H groups in total. The lowest BCUT2D eigenvalue weighted by Gasteiger charge is -2.34. The molecule has 5 heteroatoms. The Hall–Kier alpha value is -2.37. The van der Waals surface area contributed by atoms with E-state index in [4.69, 9.17) is 7.48 Å². The van der Waals surface area contributed by atoms with Crippen LogP contribution in [0.1, 0.15) is 69.3 Å². The van der Waals surface area contributed by atoms with Crippen molar-refractivity contribution in [3.8, 4) is 5.75 Å². The Kier molecular flexibility index (Phi) is 6.47. The van der Waals surface area contributed by atoms with Gasteiger partial charge < -0.3 is 19.9 Å². The van der Waals surface area contributed by atoms with Crippen molar-refractivity contribution in [3.63, 3.8) is 0 Å². The maximum atomic E-state index is 13.1. The van der Waals surface area contributed by atoms with E-state index in [0.29, 0.717) is 37.6 Å². The minimum absolute atomic E-state index is 0.0356. The fourth-order valence-corrected chi connectivity index (χ4v) is 5.51. The number of carbonyl (C=O) groups is 1. The lowest BCUT2D eigenvalue weighted by molar-refractivity contribution is 0.0674.